The molecule has 1 aromatic heterocycles. The second-order valence-corrected chi connectivity index (χ2v) is 5.02. The number of aromatic amines is 1. The number of amides is 1. The van der Waals surface area contributed by atoms with Gasteiger partial charge in [-0.05, 0) is 18.6 Å². The fourth-order valence-electron chi connectivity index (χ4n) is 2.14. The number of carbonyl (C=O) groups excluding carboxylic acids is 2. The largest absolute Gasteiger partial charge is 0.355 e. The summed E-state index contributed by atoms with van der Waals surface area (Å²) in [5.74, 6) is -1.45. The molecule has 1 amide bonds. The predicted octanol–water partition coefficient (Wildman–Crippen LogP) is 1.73. The van der Waals surface area contributed by atoms with E-state index in [1.54, 1.807) is 6.07 Å². The Hall–Kier alpha value is -2.68. The number of imidazole rings is 1. The Bertz CT molecular complexity index is 681. The number of ketones is 1. The van der Waals surface area contributed by atoms with Crippen LogP contribution in [0.1, 0.15) is 25.6 Å². The number of benzene rings is 1. The quantitative estimate of drug-likeness (QED) is 0.760. The van der Waals surface area contributed by atoms with E-state index in [0.29, 0.717) is 18.8 Å². The molecule has 0 saturated heterocycles. The highest BCUT2D eigenvalue weighted by Gasteiger charge is 2.25. The number of aromatic nitrogens is 2. The molecule has 2 aromatic rings. The molecule has 1 unspecified atom stereocenters. The minimum atomic E-state index is -1.24. The summed E-state index contributed by atoms with van der Waals surface area (Å²) in [6.45, 7) is 2.37. The smallest absolute Gasteiger partial charge is 0.244 e. The van der Waals surface area contributed by atoms with E-state index in [1.807, 2.05) is 31.2 Å². The summed E-state index contributed by atoms with van der Waals surface area (Å²) < 4.78 is 0. The molecule has 0 aliphatic heterocycles. The number of hydrogen-bond acceptors (Lipinski definition) is 4. The van der Waals surface area contributed by atoms with Crippen LogP contribution in [-0.2, 0) is 16.0 Å². The molecule has 1 atom stereocenters. The third-order valence-corrected chi connectivity index (χ3v) is 3.31. The maximum atomic E-state index is 12.0. The molecule has 6 nitrogen and oxygen atoms in total. The van der Waals surface area contributed by atoms with Gasteiger partial charge >= 0.3 is 0 Å². The van der Waals surface area contributed by atoms with Crippen LogP contribution in [0.4, 0.5) is 0 Å². The summed E-state index contributed by atoms with van der Waals surface area (Å²) in [5, 5.41) is 11.6. The van der Waals surface area contributed by atoms with Crippen LogP contribution in [0.25, 0.3) is 11.0 Å². The van der Waals surface area contributed by atoms with Gasteiger partial charge in [-0.3, -0.25) is 9.59 Å². The fraction of sp³-hybridized carbons (Fsp3) is 0.375. The molecule has 1 aromatic carbocycles. The molecule has 0 fully saturated rings. The summed E-state index contributed by atoms with van der Waals surface area (Å²) in [7, 11) is 0. The first-order valence-electron chi connectivity index (χ1n) is 7.29. The average Bonchev–Trinajstić information content (AvgIpc) is 2.94. The van der Waals surface area contributed by atoms with Crippen molar-refractivity contribution in [2.24, 2.45) is 5.92 Å². The van der Waals surface area contributed by atoms with E-state index < -0.39 is 11.8 Å². The molecule has 2 rings (SSSR count). The van der Waals surface area contributed by atoms with Crippen molar-refractivity contribution in [3.05, 3.63) is 30.1 Å². The van der Waals surface area contributed by atoms with Crippen LogP contribution in [0.15, 0.2) is 24.3 Å². The Morgan fingerprint density at radius 3 is 2.86 bits per heavy atom. The minimum Gasteiger partial charge on any atom is -0.355 e. The van der Waals surface area contributed by atoms with Crippen molar-refractivity contribution < 1.29 is 9.59 Å². The maximum Gasteiger partial charge on any atom is 0.244 e. The van der Waals surface area contributed by atoms with Crippen LogP contribution in [0.3, 0.4) is 0 Å². The molecule has 0 spiro atoms. The Morgan fingerprint density at radius 1 is 1.41 bits per heavy atom. The number of hydrogen-bond donors (Lipinski definition) is 2. The van der Waals surface area contributed by atoms with Crippen LogP contribution < -0.4 is 5.32 Å². The lowest BCUT2D eigenvalue weighted by Gasteiger charge is -2.08. The van der Waals surface area contributed by atoms with Crippen molar-refractivity contribution >= 4 is 22.7 Å². The topological polar surface area (TPSA) is 98.6 Å². The number of aryl methyl sites for hydroxylation is 1. The van der Waals surface area contributed by atoms with Crippen LogP contribution in [0, 0.1) is 17.2 Å². The Kier molecular flexibility index (Phi) is 5.26. The van der Waals surface area contributed by atoms with Crippen molar-refractivity contribution in [2.75, 3.05) is 6.54 Å². The number of Topliss-reactive ketones (excluding diaryl/α,β-unsaturated/α-hetero) is 1. The first-order chi connectivity index (χ1) is 10.7. The van der Waals surface area contributed by atoms with Crippen LogP contribution in [-0.4, -0.2) is 28.2 Å². The van der Waals surface area contributed by atoms with Gasteiger partial charge in [-0.2, -0.15) is 5.26 Å². The molecule has 0 aliphatic carbocycles. The van der Waals surface area contributed by atoms with Gasteiger partial charge in [0.25, 0.3) is 0 Å². The molecule has 22 heavy (non-hydrogen) atoms. The van der Waals surface area contributed by atoms with E-state index >= 15 is 0 Å². The van der Waals surface area contributed by atoms with E-state index in [9.17, 15) is 9.59 Å². The number of H-pyrrole nitrogens is 1. The molecule has 2 N–H and O–H groups in total. The zero-order valence-electron chi connectivity index (χ0n) is 12.4. The van der Waals surface area contributed by atoms with Gasteiger partial charge in [-0.1, -0.05) is 19.1 Å². The summed E-state index contributed by atoms with van der Waals surface area (Å²) in [6, 6.07) is 9.36. The van der Waals surface area contributed by atoms with Gasteiger partial charge in [0.1, 0.15) is 5.82 Å². The summed E-state index contributed by atoms with van der Waals surface area (Å²) in [5.41, 5.74) is 1.74. The molecule has 6 heteroatoms. The Morgan fingerprint density at radius 2 is 2.18 bits per heavy atom. The van der Waals surface area contributed by atoms with Crippen molar-refractivity contribution in [3.8, 4) is 6.07 Å². The molecule has 0 radical (unpaired) electrons. The van der Waals surface area contributed by atoms with E-state index in [4.69, 9.17) is 5.26 Å². The van der Waals surface area contributed by atoms with Gasteiger partial charge in [-0.25, -0.2) is 4.98 Å². The van der Waals surface area contributed by atoms with Crippen LogP contribution in [0.2, 0.25) is 0 Å². The highest BCUT2D eigenvalue weighted by atomic mass is 16.2. The number of fused-ring (bicyclic) bond motifs is 1. The molecule has 114 valence electrons. The molecule has 0 bridgehead atoms. The third kappa shape index (κ3) is 3.70. The van der Waals surface area contributed by atoms with Crippen molar-refractivity contribution in [2.45, 2.75) is 26.2 Å². The number of rotatable bonds is 7. The van der Waals surface area contributed by atoms with E-state index in [0.717, 1.165) is 17.5 Å². The monoisotopic (exact) mass is 298 g/mol. The average molecular weight is 298 g/mol. The van der Waals surface area contributed by atoms with Crippen molar-refractivity contribution in [3.63, 3.8) is 0 Å². The first-order valence-corrected chi connectivity index (χ1v) is 7.29. The summed E-state index contributed by atoms with van der Waals surface area (Å²) in [4.78, 5) is 31.3. The normalized spacial score (nSPS) is 11.8. The van der Waals surface area contributed by atoms with Crippen LogP contribution >= 0.6 is 0 Å². The standard InChI is InChI=1S/C16H18N4O2/c1-2-9-18-16(22)11(10-17)14(21)7-8-15-19-12-5-3-4-6-13(12)20-15/h3-6,11H,2,7-9H2,1H3,(H,18,22)(H,19,20). The molecule has 0 saturated carbocycles. The highest BCUT2D eigenvalue weighted by molar-refractivity contribution is 6.03. The molecule has 1 heterocycles. The lowest BCUT2D eigenvalue weighted by molar-refractivity contribution is -0.131. The van der Waals surface area contributed by atoms with Gasteiger partial charge in [0.15, 0.2) is 11.7 Å². The number of nitrogens with one attached hydrogen (secondary N) is 2. The lowest BCUT2D eigenvalue weighted by atomic mass is 10.0. The zero-order valence-corrected chi connectivity index (χ0v) is 12.4. The first kappa shape index (κ1) is 15.7. The maximum absolute atomic E-state index is 12.0. The van der Waals surface area contributed by atoms with Crippen LogP contribution in [0.5, 0.6) is 0 Å². The van der Waals surface area contributed by atoms with Gasteiger partial charge in [-0.15, -0.1) is 0 Å². The van der Waals surface area contributed by atoms with E-state index in [-0.39, 0.29) is 12.2 Å². The SMILES string of the molecule is CCCNC(=O)C(C#N)C(=O)CCc1nc2ccccc2[nH]1. The number of carbonyl (C=O) groups is 2. The van der Waals surface area contributed by atoms with Gasteiger partial charge in [0.2, 0.25) is 5.91 Å². The van der Waals surface area contributed by atoms with Crippen molar-refractivity contribution in [1.82, 2.24) is 15.3 Å². The van der Waals surface area contributed by atoms with Gasteiger partial charge < -0.3 is 10.3 Å². The second-order valence-electron chi connectivity index (χ2n) is 5.02. The predicted molar refractivity (Wildman–Crippen MR) is 81.8 cm³/mol. The number of nitrogens with zero attached hydrogens (tertiary/aromatic N) is 2. The minimum absolute atomic E-state index is 0.109. The number of para-hydroxylation sites is 2. The van der Waals surface area contributed by atoms with Crippen molar-refractivity contribution in [1.29, 1.82) is 5.26 Å². The summed E-state index contributed by atoms with van der Waals surface area (Å²) in [6.07, 6.45) is 1.25. The summed E-state index contributed by atoms with van der Waals surface area (Å²) >= 11 is 0. The Labute approximate surface area is 128 Å². The molecular weight excluding hydrogens is 280 g/mol. The number of nitriles is 1. The highest BCUT2D eigenvalue weighted by Crippen LogP contribution is 2.12. The zero-order chi connectivity index (χ0) is 15.9. The Balaban J connectivity index is 1.96. The fourth-order valence-corrected chi connectivity index (χ4v) is 2.14. The van der Waals surface area contributed by atoms with E-state index in [2.05, 4.69) is 15.3 Å². The third-order valence-electron chi connectivity index (χ3n) is 3.31. The molecular formula is C16H18N4O2. The van der Waals surface area contributed by atoms with Gasteiger partial charge in [0.05, 0.1) is 17.1 Å². The van der Waals surface area contributed by atoms with E-state index in [1.165, 1.54) is 0 Å². The lowest BCUT2D eigenvalue weighted by Crippen LogP contribution is -2.35. The molecule has 0 aliphatic rings. The van der Waals surface area contributed by atoms with Gasteiger partial charge in [0, 0.05) is 19.4 Å². The second kappa shape index (κ2) is 7.36.